The zero-order chi connectivity index (χ0) is 15.4. The summed E-state index contributed by atoms with van der Waals surface area (Å²) in [5, 5.41) is 0. The van der Waals surface area contributed by atoms with Gasteiger partial charge in [-0.3, -0.25) is 4.79 Å². The Bertz CT molecular complexity index is 345. The zero-order valence-electron chi connectivity index (χ0n) is 12.3. The van der Waals surface area contributed by atoms with Gasteiger partial charge in [0.2, 0.25) is 5.91 Å². The summed E-state index contributed by atoms with van der Waals surface area (Å²) in [6, 6.07) is -0.240. The third kappa shape index (κ3) is 11.1. The highest BCUT2D eigenvalue weighted by molar-refractivity contribution is 7.99. The average Bonchev–Trinajstić information content (AvgIpc) is 2.42. The predicted octanol–water partition coefficient (Wildman–Crippen LogP) is 2.83. The standard InChI is InChI=1S/C14H23NO4S.CH4/c1-5-9-19-14(17)8-7-12(3)15(13(4)16)10-18-11-20-6-2;/h5,7-8,12H,1,6,9-11H2,2-4H3;1H4/b8-7+;. The Kier molecular flexibility index (Phi) is 14.4. The van der Waals surface area contributed by atoms with E-state index in [0.29, 0.717) is 5.94 Å². The third-order valence-electron chi connectivity index (χ3n) is 2.35. The Labute approximate surface area is 132 Å². The molecule has 0 fully saturated rings. The minimum Gasteiger partial charge on any atom is -0.458 e. The Morgan fingerprint density at radius 2 is 2.10 bits per heavy atom. The van der Waals surface area contributed by atoms with Crippen molar-refractivity contribution in [1.82, 2.24) is 4.90 Å². The SMILES string of the molecule is C.C=CCOC(=O)/C=C/C(C)N(COCSCC)C(C)=O. The number of carbonyl (C=O) groups is 2. The molecule has 6 heteroatoms. The van der Waals surface area contributed by atoms with Gasteiger partial charge in [0, 0.05) is 19.0 Å². The molecule has 1 amide bonds. The number of carbonyl (C=O) groups excluding carboxylic acids is 2. The van der Waals surface area contributed by atoms with Crippen molar-refractivity contribution >= 4 is 23.6 Å². The van der Waals surface area contributed by atoms with Gasteiger partial charge in [-0.25, -0.2) is 4.79 Å². The summed E-state index contributed by atoms with van der Waals surface area (Å²) in [6.45, 7) is 9.15. The monoisotopic (exact) mass is 317 g/mol. The third-order valence-corrected chi connectivity index (χ3v) is 3.09. The van der Waals surface area contributed by atoms with E-state index in [1.54, 1.807) is 17.8 Å². The lowest BCUT2D eigenvalue weighted by Crippen LogP contribution is -2.37. The molecule has 0 saturated heterocycles. The van der Waals surface area contributed by atoms with Crippen molar-refractivity contribution in [3.63, 3.8) is 0 Å². The van der Waals surface area contributed by atoms with Gasteiger partial charge in [-0.05, 0) is 12.7 Å². The van der Waals surface area contributed by atoms with Crippen LogP contribution in [-0.2, 0) is 19.1 Å². The number of nitrogens with zero attached hydrogens (tertiary/aromatic N) is 1. The Morgan fingerprint density at radius 3 is 2.62 bits per heavy atom. The van der Waals surface area contributed by atoms with E-state index in [1.807, 2.05) is 13.8 Å². The van der Waals surface area contributed by atoms with Gasteiger partial charge in [0.25, 0.3) is 0 Å². The van der Waals surface area contributed by atoms with E-state index in [9.17, 15) is 9.59 Å². The number of esters is 1. The maximum absolute atomic E-state index is 11.5. The molecule has 1 unspecified atom stereocenters. The van der Waals surface area contributed by atoms with Crippen LogP contribution in [0, 0.1) is 0 Å². The number of amides is 1. The summed E-state index contributed by atoms with van der Waals surface area (Å²) >= 11 is 1.64. The molecule has 122 valence electrons. The molecule has 0 aromatic rings. The maximum atomic E-state index is 11.5. The second-order valence-corrected chi connectivity index (χ2v) is 5.17. The van der Waals surface area contributed by atoms with E-state index in [0.717, 1.165) is 5.75 Å². The molecule has 0 aliphatic carbocycles. The van der Waals surface area contributed by atoms with Gasteiger partial charge in [0.1, 0.15) is 13.3 Å². The van der Waals surface area contributed by atoms with Crippen LogP contribution in [0.15, 0.2) is 24.8 Å². The predicted molar refractivity (Wildman–Crippen MR) is 88.0 cm³/mol. The van der Waals surface area contributed by atoms with Crippen LogP contribution in [0.25, 0.3) is 0 Å². The number of thioether (sulfide) groups is 1. The Balaban J connectivity index is 0. The second-order valence-electron chi connectivity index (χ2n) is 3.95. The van der Waals surface area contributed by atoms with Crippen LogP contribution in [0.3, 0.4) is 0 Å². The molecule has 0 heterocycles. The van der Waals surface area contributed by atoms with Gasteiger partial charge in [-0.1, -0.05) is 33.1 Å². The minimum absolute atomic E-state index is 0. The van der Waals surface area contributed by atoms with Crippen molar-refractivity contribution in [2.75, 3.05) is 25.0 Å². The van der Waals surface area contributed by atoms with E-state index in [2.05, 4.69) is 6.58 Å². The van der Waals surface area contributed by atoms with Crippen LogP contribution >= 0.6 is 11.8 Å². The van der Waals surface area contributed by atoms with E-state index in [-0.39, 0.29) is 32.7 Å². The lowest BCUT2D eigenvalue weighted by atomic mass is 10.2. The molecule has 0 bridgehead atoms. The van der Waals surface area contributed by atoms with Crippen LogP contribution in [0.1, 0.15) is 28.2 Å². The molecule has 0 saturated carbocycles. The molecular weight excluding hydrogens is 290 g/mol. The Hall–Kier alpha value is -1.27. The quantitative estimate of drug-likeness (QED) is 0.204. The normalized spacial score (nSPS) is 11.6. The van der Waals surface area contributed by atoms with E-state index < -0.39 is 5.97 Å². The van der Waals surface area contributed by atoms with Crippen molar-refractivity contribution in [1.29, 1.82) is 0 Å². The van der Waals surface area contributed by atoms with E-state index in [1.165, 1.54) is 24.0 Å². The summed E-state index contributed by atoms with van der Waals surface area (Å²) in [7, 11) is 0. The second kappa shape index (κ2) is 13.7. The first-order valence-electron chi connectivity index (χ1n) is 6.41. The smallest absolute Gasteiger partial charge is 0.330 e. The number of hydrogen-bond donors (Lipinski definition) is 0. The fraction of sp³-hybridized carbons (Fsp3) is 0.600. The molecule has 0 aliphatic rings. The summed E-state index contributed by atoms with van der Waals surface area (Å²) in [5.74, 6) is 0.939. The number of ether oxygens (including phenoxy) is 2. The van der Waals surface area contributed by atoms with Gasteiger partial charge >= 0.3 is 5.97 Å². The summed E-state index contributed by atoms with van der Waals surface area (Å²) in [6.07, 6.45) is 4.42. The summed E-state index contributed by atoms with van der Waals surface area (Å²) < 4.78 is 10.2. The molecule has 0 rings (SSSR count). The van der Waals surface area contributed by atoms with Gasteiger partial charge in [-0.2, -0.15) is 0 Å². The zero-order valence-corrected chi connectivity index (χ0v) is 13.1. The van der Waals surface area contributed by atoms with Crippen LogP contribution < -0.4 is 0 Å². The fourth-order valence-corrected chi connectivity index (χ4v) is 1.64. The molecule has 0 spiro atoms. The molecule has 0 aliphatic heterocycles. The van der Waals surface area contributed by atoms with Crippen molar-refractivity contribution in [2.45, 2.75) is 34.2 Å². The number of hydrogen-bond acceptors (Lipinski definition) is 5. The molecular formula is C15H27NO4S. The molecule has 21 heavy (non-hydrogen) atoms. The molecule has 1 atom stereocenters. The first-order valence-corrected chi connectivity index (χ1v) is 7.56. The number of rotatable bonds is 10. The van der Waals surface area contributed by atoms with Crippen LogP contribution in [-0.4, -0.2) is 47.8 Å². The maximum Gasteiger partial charge on any atom is 0.330 e. The molecule has 0 radical (unpaired) electrons. The van der Waals surface area contributed by atoms with Crippen molar-refractivity contribution in [3.05, 3.63) is 24.8 Å². The van der Waals surface area contributed by atoms with Gasteiger partial charge < -0.3 is 14.4 Å². The highest BCUT2D eigenvalue weighted by Gasteiger charge is 2.14. The van der Waals surface area contributed by atoms with E-state index >= 15 is 0 Å². The van der Waals surface area contributed by atoms with Crippen molar-refractivity contribution in [2.24, 2.45) is 0 Å². The largest absolute Gasteiger partial charge is 0.458 e. The van der Waals surface area contributed by atoms with Crippen LogP contribution in [0.4, 0.5) is 0 Å². The Morgan fingerprint density at radius 1 is 1.43 bits per heavy atom. The average molecular weight is 317 g/mol. The summed E-state index contributed by atoms with van der Waals surface area (Å²) in [5.41, 5.74) is 0. The molecule has 5 nitrogen and oxygen atoms in total. The van der Waals surface area contributed by atoms with Crippen molar-refractivity contribution in [3.8, 4) is 0 Å². The lowest BCUT2D eigenvalue weighted by molar-refractivity contribution is -0.137. The lowest BCUT2D eigenvalue weighted by Gasteiger charge is -2.25. The van der Waals surface area contributed by atoms with Gasteiger partial charge in [0.05, 0.1) is 5.94 Å². The van der Waals surface area contributed by atoms with Crippen molar-refractivity contribution < 1.29 is 19.1 Å². The van der Waals surface area contributed by atoms with Crippen LogP contribution in [0.5, 0.6) is 0 Å². The first-order chi connectivity index (χ1) is 9.52. The minimum atomic E-state index is -0.456. The molecule has 0 aromatic carbocycles. The topological polar surface area (TPSA) is 55.8 Å². The highest BCUT2D eigenvalue weighted by Crippen LogP contribution is 2.05. The molecule has 0 N–H and O–H groups in total. The highest BCUT2D eigenvalue weighted by atomic mass is 32.2. The van der Waals surface area contributed by atoms with Crippen LogP contribution in [0.2, 0.25) is 0 Å². The fourth-order valence-electron chi connectivity index (χ4n) is 1.28. The molecule has 0 aromatic heterocycles. The summed E-state index contributed by atoms with van der Waals surface area (Å²) in [4.78, 5) is 24.4. The van der Waals surface area contributed by atoms with Gasteiger partial charge in [-0.15, -0.1) is 11.8 Å². The van der Waals surface area contributed by atoms with E-state index in [4.69, 9.17) is 9.47 Å². The first kappa shape index (κ1) is 22.0. The van der Waals surface area contributed by atoms with Gasteiger partial charge in [0.15, 0.2) is 0 Å².